The highest BCUT2D eigenvalue weighted by Crippen LogP contribution is 2.41. The molecule has 0 N–H and O–H groups in total. The maximum absolute atomic E-state index is 11.3. The molecule has 12 heavy (non-hydrogen) atoms. The molecule has 0 aromatic heterocycles. The Balaban J connectivity index is 2.02. The van der Waals surface area contributed by atoms with Crippen LogP contribution in [0.1, 0.15) is 19.3 Å². The summed E-state index contributed by atoms with van der Waals surface area (Å²) in [6.07, 6.45) is 3.56. The minimum absolute atomic E-state index is 0.0347. The third-order valence-corrected chi connectivity index (χ3v) is 3.31. The van der Waals surface area contributed by atoms with Crippen LogP contribution in [0.4, 0.5) is 0 Å². The first-order valence-corrected chi connectivity index (χ1v) is 4.52. The van der Waals surface area contributed by atoms with Gasteiger partial charge in [-0.05, 0) is 32.2 Å². The number of fused-ring (bicyclic) bond motifs is 2. The van der Waals surface area contributed by atoms with Crippen LogP contribution < -0.4 is 0 Å². The molecule has 1 unspecified atom stereocenters. The van der Waals surface area contributed by atoms with Gasteiger partial charge in [-0.15, -0.1) is 0 Å². The number of nitrogens with zero attached hydrogens (tertiary/aromatic N) is 1. The van der Waals surface area contributed by atoms with Crippen molar-refractivity contribution in [3.63, 3.8) is 0 Å². The van der Waals surface area contributed by atoms with E-state index in [1.165, 1.54) is 20.0 Å². The summed E-state index contributed by atoms with van der Waals surface area (Å²) in [7, 11) is 3.50. The lowest BCUT2D eigenvalue weighted by atomic mass is 9.71. The second-order valence-corrected chi connectivity index (χ2v) is 3.93. The standard InChI is InChI=1S/C9H15NO2/c1-10-7-3-6(4-7)5-8(10)9(11)12-2/h6-8H,3-5H2,1-2H3. The van der Waals surface area contributed by atoms with Gasteiger partial charge in [0.2, 0.25) is 0 Å². The van der Waals surface area contributed by atoms with E-state index in [9.17, 15) is 4.79 Å². The summed E-state index contributed by atoms with van der Waals surface area (Å²) < 4.78 is 4.75. The SMILES string of the molecule is COC(=O)C1CC2CC(C2)N1C. The van der Waals surface area contributed by atoms with Crippen molar-refractivity contribution in [1.82, 2.24) is 4.90 Å². The summed E-state index contributed by atoms with van der Waals surface area (Å²) in [5.74, 6) is 0.724. The number of methoxy groups -OCH3 is 1. The molecule has 0 aromatic rings. The number of hydrogen-bond acceptors (Lipinski definition) is 3. The van der Waals surface area contributed by atoms with Gasteiger partial charge in [0.1, 0.15) is 6.04 Å². The summed E-state index contributed by atoms with van der Waals surface area (Å²) in [4.78, 5) is 13.5. The van der Waals surface area contributed by atoms with Gasteiger partial charge in [0.25, 0.3) is 0 Å². The highest BCUT2D eigenvalue weighted by molar-refractivity contribution is 5.76. The third kappa shape index (κ3) is 1.04. The van der Waals surface area contributed by atoms with E-state index in [1.54, 1.807) is 0 Å². The van der Waals surface area contributed by atoms with Crippen molar-refractivity contribution in [2.75, 3.05) is 14.2 Å². The summed E-state index contributed by atoms with van der Waals surface area (Å²) in [6, 6.07) is 0.681. The number of rotatable bonds is 1. The van der Waals surface area contributed by atoms with E-state index in [1.807, 2.05) is 7.05 Å². The maximum Gasteiger partial charge on any atom is 0.323 e. The van der Waals surface area contributed by atoms with E-state index >= 15 is 0 Å². The smallest absolute Gasteiger partial charge is 0.323 e. The van der Waals surface area contributed by atoms with Gasteiger partial charge in [-0.25, -0.2) is 0 Å². The first-order valence-electron chi connectivity index (χ1n) is 4.52. The van der Waals surface area contributed by atoms with Crippen LogP contribution in [0.25, 0.3) is 0 Å². The Bertz CT molecular complexity index is 199. The second kappa shape index (κ2) is 2.73. The predicted molar refractivity (Wildman–Crippen MR) is 44.7 cm³/mol. The van der Waals surface area contributed by atoms with Crippen molar-refractivity contribution in [2.45, 2.75) is 31.3 Å². The Labute approximate surface area is 72.7 Å². The molecule has 68 valence electrons. The van der Waals surface area contributed by atoms with Crippen molar-refractivity contribution in [1.29, 1.82) is 0 Å². The average molecular weight is 169 g/mol. The number of carbonyl (C=O) groups is 1. The van der Waals surface area contributed by atoms with E-state index in [0.29, 0.717) is 6.04 Å². The Morgan fingerprint density at radius 1 is 1.42 bits per heavy atom. The van der Waals surface area contributed by atoms with Gasteiger partial charge in [0, 0.05) is 6.04 Å². The molecule has 1 atom stereocenters. The molecule has 2 heterocycles. The molecular formula is C9H15NO2. The van der Waals surface area contributed by atoms with E-state index in [4.69, 9.17) is 4.74 Å². The summed E-state index contributed by atoms with van der Waals surface area (Å²) in [5.41, 5.74) is 0. The van der Waals surface area contributed by atoms with Crippen LogP contribution in [-0.2, 0) is 9.53 Å². The first kappa shape index (κ1) is 8.05. The Morgan fingerprint density at radius 3 is 2.58 bits per heavy atom. The van der Waals surface area contributed by atoms with Crippen molar-refractivity contribution >= 4 is 5.97 Å². The molecule has 2 saturated heterocycles. The van der Waals surface area contributed by atoms with Crippen molar-refractivity contribution in [3.05, 3.63) is 0 Å². The van der Waals surface area contributed by atoms with Crippen LogP contribution in [0.3, 0.4) is 0 Å². The lowest BCUT2D eigenvalue weighted by Crippen LogP contribution is -2.57. The third-order valence-electron chi connectivity index (χ3n) is 3.31. The molecule has 0 aromatic carbocycles. The van der Waals surface area contributed by atoms with E-state index in [2.05, 4.69) is 4.90 Å². The molecule has 3 heteroatoms. The summed E-state index contributed by atoms with van der Waals surface area (Å²) >= 11 is 0. The molecule has 2 aliphatic heterocycles. The minimum atomic E-state index is -0.0631. The molecule has 0 spiro atoms. The quantitative estimate of drug-likeness (QED) is 0.539. The predicted octanol–water partition coefficient (Wildman–Crippen LogP) is 0.642. The molecule has 1 saturated carbocycles. The lowest BCUT2D eigenvalue weighted by molar-refractivity contribution is -0.154. The second-order valence-electron chi connectivity index (χ2n) is 3.93. The van der Waals surface area contributed by atoms with Crippen LogP contribution in [0.15, 0.2) is 0 Å². The Morgan fingerprint density at radius 2 is 2.08 bits per heavy atom. The monoisotopic (exact) mass is 169 g/mol. The first-order chi connectivity index (χ1) is 5.72. The molecular weight excluding hydrogens is 154 g/mol. The van der Waals surface area contributed by atoms with E-state index in [0.717, 1.165) is 12.3 Å². The number of piperidine rings is 2. The zero-order valence-electron chi connectivity index (χ0n) is 7.62. The van der Waals surface area contributed by atoms with Crippen LogP contribution in [0.5, 0.6) is 0 Å². The molecule has 1 aliphatic carbocycles. The van der Waals surface area contributed by atoms with Gasteiger partial charge < -0.3 is 4.74 Å². The Kier molecular flexibility index (Phi) is 1.83. The van der Waals surface area contributed by atoms with Gasteiger partial charge in [-0.1, -0.05) is 0 Å². The summed E-state index contributed by atoms with van der Waals surface area (Å²) in [6.45, 7) is 0. The average Bonchev–Trinajstić information content (AvgIpc) is 2.01. The molecule has 0 amide bonds. The zero-order valence-corrected chi connectivity index (χ0v) is 7.62. The van der Waals surface area contributed by atoms with Gasteiger partial charge in [-0.2, -0.15) is 0 Å². The van der Waals surface area contributed by atoms with Crippen molar-refractivity contribution < 1.29 is 9.53 Å². The van der Waals surface area contributed by atoms with Gasteiger partial charge in [0.15, 0.2) is 0 Å². The van der Waals surface area contributed by atoms with Gasteiger partial charge in [0.05, 0.1) is 7.11 Å². The number of ether oxygens (including phenoxy) is 1. The van der Waals surface area contributed by atoms with E-state index in [-0.39, 0.29) is 12.0 Å². The number of likely N-dealkylation sites (N-methyl/N-ethyl adjacent to an activating group) is 1. The highest BCUT2D eigenvalue weighted by atomic mass is 16.5. The summed E-state index contributed by atoms with van der Waals surface area (Å²) in [5, 5.41) is 0. The van der Waals surface area contributed by atoms with Crippen molar-refractivity contribution in [3.8, 4) is 0 Å². The number of carbonyl (C=O) groups excluding carboxylic acids is 1. The fraction of sp³-hybridized carbons (Fsp3) is 0.889. The lowest BCUT2D eigenvalue weighted by Gasteiger charge is -2.50. The fourth-order valence-corrected chi connectivity index (χ4v) is 2.36. The maximum atomic E-state index is 11.3. The molecule has 3 rings (SSSR count). The largest absolute Gasteiger partial charge is 0.468 e. The Hall–Kier alpha value is -0.570. The van der Waals surface area contributed by atoms with Gasteiger partial charge >= 0.3 is 5.97 Å². The topological polar surface area (TPSA) is 29.5 Å². The highest BCUT2D eigenvalue weighted by Gasteiger charge is 2.45. The minimum Gasteiger partial charge on any atom is -0.468 e. The van der Waals surface area contributed by atoms with Crippen LogP contribution >= 0.6 is 0 Å². The molecule has 3 nitrogen and oxygen atoms in total. The number of hydrogen-bond donors (Lipinski definition) is 0. The normalized spacial score (nSPS) is 40.3. The molecule has 2 bridgehead atoms. The molecule has 3 aliphatic rings. The van der Waals surface area contributed by atoms with E-state index < -0.39 is 0 Å². The van der Waals surface area contributed by atoms with Crippen LogP contribution in [0.2, 0.25) is 0 Å². The van der Waals surface area contributed by atoms with Crippen molar-refractivity contribution in [2.24, 2.45) is 5.92 Å². The van der Waals surface area contributed by atoms with Crippen LogP contribution in [-0.4, -0.2) is 37.1 Å². The zero-order chi connectivity index (χ0) is 8.72. The fourth-order valence-electron chi connectivity index (χ4n) is 2.36. The molecule has 3 fully saturated rings. The number of esters is 1. The van der Waals surface area contributed by atoms with Crippen LogP contribution in [0, 0.1) is 5.92 Å². The molecule has 0 radical (unpaired) electrons. The van der Waals surface area contributed by atoms with Gasteiger partial charge in [-0.3, -0.25) is 9.69 Å².